The van der Waals surface area contributed by atoms with Crippen molar-refractivity contribution in [2.45, 2.75) is 84.3 Å². The fraction of sp³-hybridized carbons (Fsp3) is 0.432. The summed E-state index contributed by atoms with van der Waals surface area (Å²) in [5, 5.41) is 8.42. The van der Waals surface area contributed by atoms with Gasteiger partial charge in [-0.3, -0.25) is 4.79 Å². The lowest BCUT2D eigenvalue weighted by Gasteiger charge is -2.34. The van der Waals surface area contributed by atoms with E-state index in [9.17, 15) is 9.59 Å². The molecule has 1 atom stereocenters. The third-order valence-corrected chi connectivity index (χ3v) is 8.75. The molecule has 246 valence electrons. The third kappa shape index (κ3) is 7.81. The van der Waals surface area contributed by atoms with Crippen molar-refractivity contribution in [3.8, 4) is 22.9 Å². The van der Waals surface area contributed by atoms with Gasteiger partial charge in [0.2, 0.25) is 17.7 Å². The number of nitrogens with zero attached hydrogens (tertiary/aromatic N) is 4. The third-order valence-electron chi connectivity index (χ3n) is 8.75. The first-order valence-corrected chi connectivity index (χ1v) is 16.7. The number of nitrogens with one attached hydrogen (secondary N) is 2. The number of rotatable bonds is 7. The molecule has 10 nitrogen and oxygen atoms in total. The van der Waals surface area contributed by atoms with Gasteiger partial charge < -0.3 is 25.0 Å². The number of aromatic nitrogens is 3. The zero-order valence-electron chi connectivity index (χ0n) is 27.7. The first-order valence-electron chi connectivity index (χ1n) is 16.7. The highest BCUT2D eigenvalue weighted by molar-refractivity contribution is 6.05. The van der Waals surface area contributed by atoms with E-state index < -0.39 is 5.60 Å². The highest BCUT2D eigenvalue weighted by Gasteiger charge is 2.28. The lowest BCUT2D eigenvalue weighted by atomic mass is 9.88. The van der Waals surface area contributed by atoms with Gasteiger partial charge in [-0.15, -0.1) is 0 Å². The molecule has 1 saturated carbocycles. The van der Waals surface area contributed by atoms with Crippen LogP contribution in [0.2, 0.25) is 0 Å². The minimum atomic E-state index is -0.546. The smallest absolute Gasteiger partial charge is 0.410 e. The van der Waals surface area contributed by atoms with Crippen molar-refractivity contribution >= 4 is 34.4 Å². The number of aryl methyl sites for hydroxylation is 1. The molecule has 3 heterocycles. The summed E-state index contributed by atoms with van der Waals surface area (Å²) in [4.78, 5) is 41.4. The zero-order chi connectivity index (χ0) is 33.0. The molecule has 47 heavy (non-hydrogen) atoms. The Bertz CT molecular complexity index is 1750. The van der Waals surface area contributed by atoms with Crippen LogP contribution in [0.3, 0.4) is 0 Å². The maximum Gasteiger partial charge on any atom is 0.410 e. The molecule has 0 unspecified atom stereocenters. The number of hydrogen-bond acceptors (Lipinski definition) is 8. The van der Waals surface area contributed by atoms with Crippen LogP contribution in [0.1, 0.15) is 71.3 Å². The van der Waals surface area contributed by atoms with Crippen LogP contribution in [-0.4, -0.2) is 56.6 Å². The second kappa shape index (κ2) is 13.9. The molecule has 1 saturated heterocycles. The number of amides is 2. The molecular formula is C37H44N6O4. The van der Waals surface area contributed by atoms with E-state index in [2.05, 4.69) is 20.6 Å². The van der Waals surface area contributed by atoms with Gasteiger partial charge in [-0.1, -0.05) is 43.5 Å². The Kier molecular flexibility index (Phi) is 9.56. The number of ether oxygens (including phenoxy) is 2. The summed E-state index contributed by atoms with van der Waals surface area (Å²) in [7, 11) is 0. The normalized spacial score (nSPS) is 17.3. The van der Waals surface area contributed by atoms with E-state index in [-0.39, 0.29) is 24.0 Å². The van der Waals surface area contributed by atoms with E-state index in [0.29, 0.717) is 36.4 Å². The minimum absolute atomic E-state index is 0.0118. The van der Waals surface area contributed by atoms with Crippen LogP contribution in [0.5, 0.6) is 11.6 Å². The number of hydrogen-bond donors (Lipinski definition) is 2. The number of fused-ring (bicyclic) bond motifs is 1. The van der Waals surface area contributed by atoms with E-state index in [1.807, 2.05) is 76.2 Å². The molecule has 2 aromatic heterocycles. The molecule has 0 radical (unpaired) electrons. The number of likely N-dealkylation sites (tertiary alicyclic amines) is 1. The Morgan fingerprint density at radius 1 is 0.894 bits per heavy atom. The molecule has 2 aromatic carbocycles. The van der Waals surface area contributed by atoms with Gasteiger partial charge in [0.25, 0.3) is 0 Å². The van der Waals surface area contributed by atoms with Gasteiger partial charge >= 0.3 is 6.09 Å². The van der Waals surface area contributed by atoms with Crippen molar-refractivity contribution in [1.82, 2.24) is 19.9 Å². The van der Waals surface area contributed by atoms with Crippen LogP contribution in [0.25, 0.3) is 22.0 Å². The second-order valence-corrected chi connectivity index (χ2v) is 13.6. The van der Waals surface area contributed by atoms with Crippen LogP contribution in [0.4, 0.5) is 16.4 Å². The minimum Gasteiger partial charge on any atom is -0.444 e. The predicted octanol–water partition coefficient (Wildman–Crippen LogP) is 8.12. The molecule has 6 rings (SSSR count). The van der Waals surface area contributed by atoms with Crippen LogP contribution in [0.15, 0.2) is 60.9 Å². The Labute approximate surface area is 276 Å². The van der Waals surface area contributed by atoms with Crippen molar-refractivity contribution in [1.29, 1.82) is 0 Å². The van der Waals surface area contributed by atoms with E-state index in [1.165, 1.54) is 6.42 Å². The highest BCUT2D eigenvalue weighted by atomic mass is 16.6. The maximum atomic E-state index is 13.1. The quantitative estimate of drug-likeness (QED) is 0.209. The van der Waals surface area contributed by atoms with Crippen molar-refractivity contribution in [3.63, 3.8) is 0 Å². The topological polar surface area (TPSA) is 119 Å². The SMILES string of the molecule is Cc1ccc2c(NC(=O)C3CCCCC3)cccc2c1Oc1ncccc1-c1ccnc(N[C@H]2CCCN(C(=O)OC(C)(C)C)C2)n1. The van der Waals surface area contributed by atoms with Crippen molar-refractivity contribution in [2.24, 2.45) is 5.92 Å². The Morgan fingerprint density at radius 3 is 2.53 bits per heavy atom. The molecule has 2 aliphatic rings. The number of anilines is 2. The summed E-state index contributed by atoms with van der Waals surface area (Å²) >= 11 is 0. The molecule has 2 fully saturated rings. The fourth-order valence-corrected chi connectivity index (χ4v) is 6.40. The average Bonchev–Trinajstić information content (AvgIpc) is 3.06. The van der Waals surface area contributed by atoms with Crippen LogP contribution >= 0.6 is 0 Å². The van der Waals surface area contributed by atoms with Gasteiger partial charge in [0.15, 0.2) is 0 Å². The fourth-order valence-electron chi connectivity index (χ4n) is 6.40. The summed E-state index contributed by atoms with van der Waals surface area (Å²) in [5.41, 5.74) is 2.56. The van der Waals surface area contributed by atoms with Gasteiger partial charge in [0.05, 0.1) is 11.3 Å². The summed E-state index contributed by atoms with van der Waals surface area (Å²) in [6, 6.07) is 15.5. The predicted molar refractivity (Wildman–Crippen MR) is 184 cm³/mol. The molecule has 0 bridgehead atoms. The summed E-state index contributed by atoms with van der Waals surface area (Å²) in [6.07, 6.45) is 10.1. The second-order valence-electron chi connectivity index (χ2n) is 13.6. The number of carbonyl (C=O) groups is 2. The summed E-state index contributed by atoms with van der Waals surface area (Å²) in [6.45, 7) is 8.79. The van der Waals surface area contributed by atoms with Gasteiger partial charge in [-0.05, 0) is 83.2 Å². The standard InChI is InChI=1S/C37H44N6O4/c1-24-17-18-27-28(14-8-16-30(27)41-33(44)25-11-6-5-7-12-25)32(24)46-34-29(15-9-20-38-34)31-19-21-39-35(42-31)40-26-13-10-22-43(23-26)36(45)47-37(2,3)4/h8-9,14-21,25-26H,5-7,10-13,22-23H2,1-4H3,(H,41,44)(H,39,40,42)/t26-/m0/s1. The van der Waals surface area contributed by atoms with Gasteiger partial charge in [-0.2, -0.15) is 0 Å². The lowest BCUT2D eigenvalue weighted by molar-refractivity contribution is -0.120. The maximum absolute atomic E-state index is 13.1. The Balaban J connectivity index is 1.22. The summed E-state index contributed by atoms with van der Waals surface area (Å²) < 4.78 is 12.2. The van der Waals surface area contributed by atoms with E-state index in [1.54, 1.807) is 17.3 Å². The van der Waals surface area contributed by atoms with E-state index in [0.717, 1.165) is 66.1 Å². The Morgan fingerprint density at radius 2 is 1.72 bits per heavy atom. The van der Waals surface area contributed by atoms with Crippen molar-refractivity contribution < 1.29 is 19.1 Å². The molecule has 0 spiro atoms. The molecule has 10 heteroatoms. The molecule has 2 N–H and O–H groups in total. The van der Waals surface area contributed by atoms with Crippen LogP contribution in [0, 0.1) is 12.8 Å². The number of carbonyl (C=O) groups excluding carboxylic acids is 2. The Hall–Kier alpha value is -4.73. The van der Waals surface area contributed by atoms with Gasteiger partial charge in [0, 0.05) is 53.9 Å². The molecule has 2 amide bonds. The van der Waals surface area contributed by atoms with E-state index in [4.69, 9.17) is 14.5 Å². The monoisotopic (exact) mass is 636 g/mol. The highest BCUT2D eigenvalue weighted by Crippen LogP contribution is 2.39. The first kappa shape index (κ1) is 32.2. The van der Waals surface area contributed by atoms with Crippen LogP contribution in [-0.2, 0) is 9.53 Å². The average molecular weight is 637 g/mol. The number of piperidine rings is 1. The lowest BCUT2D eigenvalue weighted by Crippen LogP contribution is -2.47. The molecule has 1 aliphatic carbocycles. The summed E-state index contributed by atoms with van der Waals surface area (Å²) in [5.74, 6) is 1.70. The van der Waals surface area contributed by atoms with Crippen molar-refractivity contribution in [2.75, 3.05) is 23.7 Å². The van der Waals surface area contributed by atoms with Crippen molar-refractivity contribution in [3.05, 3.63) is 66.5 Å². The van der Waals surface area contributed by atoms with Gasteiger partial charge in [-0.25, -0.2) is 19.7 Å². The number of pyridine rings is 1. The molecule has 4 aromatic rings. The number of benzene rings is 2. The first-order chi connectivity index (χ1) is 22.6. The van der Waals surface area contributed by atoms with Crippen LogP contribution < -0.4 is 15.4 Å². The van der Waals surface area contributed by atoms with E-state index >= 15 is 0 Å². The molecular weight excluding hydrogens is 592 g/mol. The van der Waals surface area contributed by atoms with Gasteiger partial charge in [0.1, 0.15) is 11.4 Å². The molecule has 1 aliphatic heterocycles. The largest absolute Gasteiger partial charge is 0.444 e. The zero-order valence-corrected chi connectivity index (χ0v) is 27.7.